The van der Waals surface area contributed by atoms with Gasteiger partial charge in [0.1, 0.15) is 18.1 Å². The van der Waals surface area contributed by atoms with Crippen LogP contribution in [-0.2, 0) is 25.6 Å². The van der Waals surface area contributed by atoms with Gasteiger partial charge in [-0.15, -0.1) is 0 Å². The van der Waals surface area contributed by atoms with Crippen LogP contribution < -0.4 is 21.3 Å². The van der Waals surface area contributed by atoms with Gasteiger partial charge in [0.25, 0.3) is 0 Å². The second-order valence-electron chi connectivity index (χ2n) is 7.21. The van der Waals surface area contributed by atoms with Crippen molar-refractivity contribution in [1.29, 1.82) is 0 Å². The molecule has 0 aliphatic carbocycles. The smallest absolute Gasteiger partial charge is 0.326 e. The van der Waals surface area contributed by atoms with Gasteiger partial charge in [0.15, 0.2) is 0 Å². The highest BCUT2D eigenvalue weighted by molar-refractivity contribution is 7.80. The van der Waals surface area contributed by atoms with E-state index in [1.54, 1.807) is 24.3 Å². The maximum Gasteiger partial charge on any atom is 0.326 e. The summed E-state index contributed by atoms with van der Waals surface area (Å²) in [6.07, 6.45) is 1.71. The first-order chi connectivity index (χ1) is 14.3. The summed E-state index contributed by atoms with van der Waals surface area (Å²) in [5, 5.41) is 20.1. The van der Waals surface area contributed by atoms with E-state index in [1.807, 2.05) is 6.07 Å². The average molecular weight is 437 g/mol. The van der Waals surface area contributed by atoms with E-state index >= 15 is 0 Å². The van der Waals surface area contributed by atoms with Crippen LogP contribution in [0.3, 0.4) is 0 Å². The summed E-state index contributed by atoms with van der Waals surface area (Å²) in [7, 11) is 0. The second kappa shape index (κ2) is 11.6. The predicted molar refractivity (Wildman–Crippen MR) is 114 cm³/mol. The molecule has 0 spiro atoms. The first kappa shape index (κ1) is 23.7. The molecule has 164 valence electrons. The van der Waals surface area contributed by atoms with Crippen molar-refractivity contribution in [2.75, 3.05) is 12.3 Å². The molecule has 9 nitrogen and oxygen atoms in total. The Bertz CT molecular complexity index is 755. The molecule has 4 unspecified atom stereocenters. The molecular formula is C20H28N4O5S. The Balaban J connectivity index is 1.90. The van der Waals surface area contributed by atoms with E-state index in [9.17, 15) is 24.3 Å². The van der Waals surface area contributed by atoms with Crippen LogP contribution in [0.5, 0.6) is 0 Å². The lowest BCUT2D eigenvalue weighted by molar-refractivity contribution is -0.142. The quantitative estimate of drug-likeness (QED) is 0.273. The van der Waals surface area contributed by atoms with Gasteiger partial charge in [-0.25, -0.2) is 4.79 Å². The van der Waals surface area contributed by atoms with Gasteiger partial charge in [0.2, 0.25) is 17.7 Å². The number of hydrogen-bond donors (Lipinski definition) is 6. The summed E-state index contributed by atoms with van der Waals surface area (Å²) in [5.41, 5.74) is 0.758. The number of carboxylic acid groups (broad SMARTS) is 1. The molecule has 1 aromatic carbocycles. The molecule has 1 fully saturated rings. The fraction of sp³-hybridized carbons (Fsp3) is 0.500. The molecule has 10 heteroatoms. The Morgan fingerprint density at radius 1 is 1.10 bits per heavy atom. The lowest BCUT2D eigenvalue weighted by Gasteiger charge is -2.22. The zero-order valence-electron chi connectivity index (χ0n) is 16.8. The van der Waals surface area contributed by atoms with Crippen LogP contribution in [0.4, 0.5) is 0 Å². The van der Waals surface area contributed by atoms with Crippen LogP contribution in [-0.4, -0.2) is 65.3 Å². The molecule has 5 N–H and O–H groups in total. The maximum absolute atomic E-state index is 12.5. The minimum atomic E-state index is -1.18. The molecule has 1 aliphatic rings. The number of aliphatic carboxylic acids is 1. The molecule has 0 aromatic heterocycles. The molecule has 3 amide bonds. The molecule has 2 rings (SSSR count). The zero-order chi connectivity index (χ0) is 22.1. The van der Waals surface area contributed by atoms with Crippen molar-refractivity contribution >= 4 is 36.3 Å². The van der Waals surface area contributed by atoms with E-state index in [4.69, 9.17) is 0 Å². The number of carbonyl (C=O) groups is 4. The number of carbonyl (C=O) groups excluding carboxylic acids is 3. The Labute approximate surface area is 180 Å². The van der Waals surface area contributed by atoms with E-state index in [2.05, 4.69) is 33.9 Å². The minimum absolute atomic E-state index is 0.0277. The minimum Gasteiger partial charge on any atom is -0.480 e. The third-order valence-electron chi connectivity index (χ3n) is 4.84. The molecule has 0 bridgehead atoms. The van der Waals surface area contributed by atoms with Crippen LogP contribution in [0.15, 0.2) is 30.3 Å². The fourth-order valence-electron chi connectivity index (χ4n) is 3.10. The predicted octanol–water partition coefficient (Wildman–Crippen LogP) is -0.530. The zero-order valence-corrected chi connectivity index (χ0v) is 17.7. The summed E-state index contributed by atoms with van der Waals surface area (Å²) >= 11 is 4.09. The maximum atomic E-state index is 12.5. The number of amides is 3. The monoisotopic (exact) mass is 436 g/mol. The second-order valence-corrected chi connectivity index (χ2v) is 7.58. The van der Waals surface area contributed by atoms with Gasteiger partial charge in [-0.05, 0) is 31.9 Å². The number of carboxylic acids is 1. The molecule has 1 heterocycles. The summed E-state index contributed by atoms with van der Waals surface area (Å²) in [6, 6.07) is 5.55. The van der Waals surface area contributed by atoms with E-state index in [0.717, 1.165) is 18.5 Å². The Morgan fingerprint density at radius 2 is 1.77 bits per heavy atom. The standard InChI is InChI=1S/C20H28N4O5S/c1-12(22-18(26)14-8-5-9-21-14)17(25)24-16(11-30)19(27)23-15(20(28)29)10-13-6-3-2-4-7-13/h2-4,6-7,12,14-16,21,30H,5,8-11H2,1H3,(H,22,26)(H,23,27)(H,24,25)(H,28,29). The Hall–Kier alpha value is -2.59. The van der Waals surface area contributed by atoms with E-state index in [1.165, 1.54) is 6.92 Å². The molecule has 0 saturated carbocycles. The highest BCUT2D eigenvalue weighted by atomic mass is 32.1. The largest absolute Gasteiger partial charge is 0.480 e. The van der Waals surface area contributed by atoms with Crippen molar-refractivity contribution in [3.8, 4) is 0 Å². The van der Waals surface area contributed by atoms with Gasteiger partial charge in [-0.2, -0.15) is 12.6 Å². The summed E-state index contributed by atoms with van der Waals surface area (Å²) in [5.74, 6) is -2.68. The third kappa shape index (κ3) is 7.03. The van der Waals surface area contributed by atoms with Crippen molar-refractivity contribution in [1.82, 2.24) is 21.3 Å². The summed E-state index contributed by atoms with van der Waals surface area (Å²) in [6.45, 7) is 2.28. The number of thiol groups is 1. The van der Waals surface area contributed by atoms with E-state index < -0.39 is 35.9 Å². The number of rotatable bonds is 10. The SMILES string of the molecule is CC(NC(=O)C1CCCN1)C(=O)NC(CS)C(=O)NC(Cc1ccccc1)C(=O)O. The van der Waals surface area contributed by atoms with Crippen molar-refractivity contribution in [3.63, 3.8) is 0 Å². The van der Waals surface area contributed by atoms with Crippen molar-refractivity contribution in [3.05, 3.63) is 35.9 Å². The van der Waals surface area contributed by atoms with Crippen molar-refractivity contribution in [2.45, 2.75) is 50.4 Å². The number of benzene rings is 1. The van der Waals surface area contributed by atoms with Crippen LogP contribution in [0.1, 0.15) is 25.3 Å². The first-order valence-corrected chi connectivity index (χ1v) is 10.5. The molecule has 0 radical (unpaired) electrons. The molecule has 1 aromatic rings. The summed E-state index contributed by atoms with van der Waals surface area (Å²) in [4.78, 5) is 48.6. The number of nitrogens with one attached hydrogen (secondary N) is 4. The van der Waals surface area contributed by atoms with E-state index in [0.29, 0.717) is 6.42 Å². The molecule has 1 aliphatic heterocycles. The fourth-order valence-corrected chi connectivity index (χ4v) is 3.36. The third-order valence-corrected chi connectivity index (χ3v) is 5.21. The van der Waals surface area contributed by atoms with Crippen LogP contribution in [0, 0.1) is 0 Å². The van der Waals surface area contributed by atoms with Gasteiger partial charge in [0.05, 0.1) is 6.04 Å². The highest BCUT2D eigenvalue weighted by Crippen LogP contribution is 2.06. The average Bonchev–Trinajstić information content (AvgIpc) is 3.26. The lowest BCUT2D eigenvalue weighted by Crippen LogP contribution is -2.57. The molecule has 1 saturated heterocycles. The molecule has 4 atom stereocenters. The number of hydrogen-bond acceptors (Lipinski definition) is 6. The van der Waals surface area contributed by atoms with Gasteiger partial charge in [0, 0.05) is 12.2 Å². The van der Waals surface area contributed by atoms with Gasteiger partial charge < -0.3 is 26.4 Å². The van der Waals surface area contributed by atoms with Crippen LogP contribution in [0.2, 0.25) is 0 Å². The highest BCUT2D eigenvalue weighted by Gasteiger charge is 2.29. The molecular weight excluding hydrogens is 408 g/mol. The van der Waals surface area contributed by atoms with E-state index in [-0.39, 0.29) is 24.1 Å². The topological polar surface area (TPSA) is 137 Å². The van der Waals surface area contributed by atoms with Gasteiger partial charge in [-0.3, -0.25) is 14.4 Å². The van der Waals surface area contributed by atoms with Gasteiger partial charge >= 0.3 is 5.97 Å². The lowest BCUT2D eigenvalue weighted by atomic mass is 10.1. The summed E-state index contributed by atoms with van der Waals surface area (Å²) < 4.78 is 0. The van der Waals surface area contributed by atoms with Crippen molar-refractivity contribution < 1.29 is 24.3 Å². The van der Waals surface area contributed by atoms with Gasteiger partial charge in [-0.1, -0.05) is 30.3 Å². The molecule has 30 heavy (non-hydrogen) atoms. The normalized spacial score (nSPS) is 18.7. The Morgan fingerprint density at radius 3 is 2.33 bits per heavy atom. The van der Waals surface area contributed by atoms with Crippen LogP contribution >= 0.6 is 12.6 Å². The first-order valence-electron chi connectivity index (χ1n) is 9.84. The Kier molecular flexibility index (Phi) is 9.13. The van der Waals surface area contributed by atoms with Crippen molar-refractivity contribution in [2.24, 2.45) is 0 Å². The van der Waals surface area contributed by atoms with Crippen LogP contribution in [0.25, 0.3) is 0 Å².